The number of hydrogen-bond donors (Lipinski definition) is 1. The lowest BCUT2D eigenvalue weighted by Gasteiger charge is -2.15. The number of ether oxygens (including phenoxy) is 1. The van der Waals surface area contributed by atoms with E-state index in [0.29, 0.717) is 17.7 Å². The van der Waals surface area contributed by atoms with E-state index in [1.165, 1.54) is 0 Å². The van der Waals surface area contributed by atoms with Crippen LogP contribution in [-0.2, 0) is 14.8 Å². The molecule has 2 aliphatic rings. The Labute approximate surface area is 134 Å². The second-order valence-electron chi connectivity index (χ2n) is 5.61. The molecule has 0 saturated carbocycles. The van der Waals surface area contributed by atoms with Crippen molar-refractivity contribution >= 4 is 21.8 Å². The summed E-state index contributed by atoms with van der Waals surface area (Å²) >= 11 is 0. The van der Waals surface area contributed by atoms with Crippen molar-refractivity contribution in [3.63, 3.8) is 0 Å². The van der Waals surface area contributed by atoms with E-state index in [4.69, 9.17) is 4.74 Å². The molecule has 1 saturated heterocycles. The van der Waals surface area contributed by atoms with Crippen LogP contribution in [0.3, 0.4) is 0 Å². The first-order chi connectivity index (χ1) is 11.0. The van der Waals surface area contributed by atoms with Crippen molar-refractivity contribution in [3.8, 4) is 0 Å². The topological polar surface area (TPSA) is 92.8 Å². The number of imide groups is 1. The summed E-state index contributed by atoms with van der Waals surface area (Å²) in [7, 11) is -3.57. The highest BCUT2D eigenvalue weighted by atomic mass is 32.2. The first kappa shape index (κ1) is 16.1. The molecule has 3 rings (SSSR count). The van der Waals surface area contributed by atoms with Crippen molar-refractivity contribution in [3.05, 3.63) is 35.4 Å². The molecule has 1 N–H and O–H groups in total. The van der Waals surface area contributed by atoms with Crippen molar-refractivity contribution in [2.24, 2.45) is 0 Å². The zero-order chi connectivity index (χ0) is 16.4. The van der Waals surface area contributed by atoms with E-state index < -0.39 is 21.8 Å². The van der Waals surface area contributed by atoms with Gasteiger partial charge in [-0.05, 0) is 25.0 Å². The van der Waals surface area contributed by atoms with Gasteiger partial charge in [0, 0.05) is 19.7 Å². The number of hydrogen-bond acceptors (Lipinski definition) is 5. The van der Waals surface area contributed by atoms with E-state index in [1.807, 2.05) is 0 Å². The lowest BCUT2D eigenvalue weighted by atomic mass is 10.1. The minimum Gasteiger partial charge on any atom is -0.377 e. The van der Waals surface area contributed by atoms with Gasteiger partial charge in [0.15, 0.2) is 0 Å². The molecule has 1 atom stereocenters. The fraction of sp³-hybridized carbons (Fsp3) is 0.467. The maximum atomic E-state index is 12.2. The van der Waals surface area contributed by atoms with E-state index in [1.54, 1.807) is 24.3 Å². The molecule has 1 aromatic carbocycles. The van der Waals surface area contributed by atoms with Gasteiger partial charge >= 0.3 is 0 Å². The van der Waals surface area contributed by atoms with Gasteiger partial charge in [0.1, 0.15) is 0 Å². The predicted molar refractivity (Wildman–Crippen MR) is 82.6 cm³/mol. The van der Waals surface area contributed by atoms with Crippen LogP contribution < -0.4 is 4.72 Å². The maximum Gasteiger partial charge on any atom is 0.261 e. The monoisotopic (exact) mass is 338 g/mol. The molecule has 23 heavy (non-hydrogen) atoms. The van der Waals surface area contributed by atoms with Crippen LogP contribution in [-0.4, -0.2) is 56.7 Å². The highest BCUT2D eigenvalue weighted by Crippen LogP contribution is 2.22. The van der Waals surface area contributed by atoms with E-state index in [0.717, 1.165) is 17.7 Å². The molecular weight excluding hydrogens is 320 g/mol. The summed E-state index contributed by atoms with van der Waals surface area (Å²) in [6.45, 7) is 0.721. The van der Waals surface area contributed by atoms with Crippen molar-refractivity contribution < 1.29 is 22.7 Å². The average molecular weight is 338 g/mol. The number of fused-ring (bicyclic) bond motifs is 1. The Kier molecular flexibility index (Phi) is 4.47. The number of benzene rings is 1. The molecule has 1 fully saturated rings. The van der Waals surface area contributed by atoms with Gasteiger partial charge in [-0.15, -0.1) is 0 Å². The molecule has 2 heterocycles. The molecule has 8 heteroatoms. The summed E-state index contributed by atoms with van der Waals surface area (Å²) in [5.41, 5.74) is 0.643. The van der Waals surface area contributed by atoms with Crippen LogP contribution >= 0.6 is 0 Å². The molecule has 0 bridgehead atoms. The van der Waals surface area contributed by atoms with Crippen molar-refractivity contribution in [1.29, 1.82) is 0 Å². The van der Waals surface area contributed by atoms with Crippen LogP contribution in [0, 0.1) is 0 Å². The van der Waals surface area contributed by atoms with Crippen LogP contribution in [0.5, 0.6) is 0 Å². The normalized spacial score (nSPS) is 21.0. The average Bonchev–Trinajstić information content (AvgIpc) is 3.13. The Hall–Kier alpha value is -1.77. The highest BCUT2D eigenvalue weighted by Gasteiger charge is 2.35. The third-order valence-electron chi connectivity index (χ3n) is 4.02. The summed E-state index contributed by atoms with van der Waals surface area (Å²) in [5, 5.41) is 0. The summed E-state index contributed by atoms with van der Waals surface area (Å²) in [5.74, 6) is -1.20. The Bertz CT molecular complexity index is 690. The van der Waals surface area contributed by atoms with Gasteiger partial charge in [0.05, 0.1) is 23.0 Å². The molecule has 124 valence electrons. The van der Waals surface area contributed by atoms with Crippen molar-refractivity contribution in [2.75, 3.05) is 25.4 Å². The minimum absolute atomic E-state index is 0.0934. The molecule has 2 amide bonds. The molecule has 0 radical (unpaired) electrons. The smallest absolute Gasteiger partial charge is 0.261 e. The zero-order valence-electron chi connectivity index (χ0n) is 12.5. The van der Waals surface area contributed by atoms with Gasteiger partial charge in [0.25, 0.3) is 11.8 Å². The highest BCUT2D eigenvalue weighted by molar-refractivity contribution is 7.89. The largest absolute Gasteiger partial charge is 0.377 e. The quantitative estimate of drug-likeness (QED) is 0.757. The maximum absolute atomic E-state index is 12.2. The fourth-order valence-corrected chi connectivity index (χ4v) is 3.76. The second kappa shape index (κ2) is 6.38. The third kappa shape index (κ3) is 3.44. The number of amides is 2. The van der Waals surface area contributed by atoms with Crippen LogP contribution in [0.4, 0.5) is 0 Å². The molecule has 0 aliphatic carbocycles. The number of carbonyl (C=O) groups excluding carboxylic acids is 2. The van der Waals surface area contributed by atoms with Gasteiger partial charge < -0.3 is 4.74 Å². The van der Waals surface area contributed by atoms with E-state index >= 15 is 0 Å². The van der Waals surface area contributed by atoms with Gasteiger partial charge in [-0.3, -0.25) is 14.5 Å². The second-order valence-corrected chi connectivity index (χ2v) is 7.54. The van der Waals surface area contributed by atoms with Gasteiger partial charge in [-0.2, -0.15) is 0 Å². The Morgan fingerprint density at radius 3 is 2.39 bits per heavy atom. The Morgan fingerprint density at radius 2 is 1.83 bits per heavy atom. The molecule has 1 aromatic rings. The summed E-state index contributed by atoms with van der Waals surface area (Å²) in [6.07, 6.45) is 1.67. The summed E-state index contributed by atoms with van der Waals surface area (Å²) < 4.78 is 31.9. The molecule has 0 aromatic heterocycles. The van der Waals surface area contributed by atoms with E-state index in [-0.39, 0.29) is 24.9 Å². The van der Waals surface area contributed by atoms with Gasteiger partial charge in [-0.25, -0.2) is 13.1 Å². The SMILES string of the molecule is O=C1c2ccccc2C(=O)N1CCS(=O)(=O)NCC1CCCO1. The summed E-state index contributed by atoms with van der Waals surface area (Å²) in [6, 6.07) is 6.49. The van der Waals surface area contributed by atoms with Crippen LogP contribution in [0.15, 0.2) is 24.3 Å². The van der Waals surface area contributed by atoms with E-state index in [9.17, 15) is 18.0 Å². The third-order valence-corrected chi connectivity index (χ3v) is 5.34. The Balaban J connectivity index is 1.58. The molecule has 7 nitrogen and oxygen atoms in total. The number of nitrogens with zero attached hydrogens (tertiary/aromatic N) is 1. The summed E-state index contributed by atoms with van der Waals surface area (Å²) in [4.78, 5) is 25.3. The predicted octanol–water partition coefficient (Wildman–Crippen LogP) is 0.381. The fourth-order valence-electron chi connectivity index (χ4n) is 2.75. The number of nitrogens with one attached hydrogen (secondary N) is 1. The number of carbonyl (C=O) groups is 2. The zero-order valence-corrected chi connectivity index (χ0v) is 13.3. The van der Waals surface area contributed by atoms with Crippen LogP contribution in [0.25, 0.3) is 0 Å². The van der Waals surface area contributed by atoms with Gasteiger partial charge in [0.2, 0.25) is 10.0 Å². The van der Waals surface area contributed by atoms with Gasteiger partial charge in [-0.1, -0.05) is 12.1 Å². The first-order valence-electron chi connectivity index (χ1n) is 7.52. The van der Waals surface area contributed by atoms with Crippen LogP contribution in [0.1, 0.15) is 33.6 Å². The number of rotatable bonds is 6. The molecule has 1 unspecified atom stereocenters. The van der Waals surface area contributed by atoms with Crippen molar-refractivity contribution in [2.45, 2.75) is 18.9 Å². The van der Waals surface area contributed by atoms with Crippen LogP contribution in [0.2, 0.25) is 0 Å². The van der Waals surface area contributed by atoms with Crippen molar-refractivity contribution in [1.82, 2.24) is 9.62 Å². The number of sulfonamides is 1. The molecule has 2 aliphatic heterocycles. The molecular formula is C15H18N2O5S. The lowest BCUT2D eigenvalue weighted by Crippen LogP contribution is -2.39. The standard InChI is InChI=1S/C15H18N2O5S/c18-14-12-5-1-2-6-13(12)15(19)17(14)7-9-23(20,21)16-10-11-4-3-8-22-11/h1-2,5-6,11,16H,3-4,7-10H2. The Morgan fingerprint density at radius 1 is 1.17 bits per heavy atom. The minimum atomic E-state index is -3.57. The first-order valence-corrected chi connectivity index (χ1v) is 9.17. The molecule has 0 spiro atoms. The lowest BCUT2D eigenvalue weighted by molar-refractivity contribution is 0.0664. The van der Waals surface area contributed by atoms with E-state index in [2.05, 4.69) is 4.72 Å².